The summed E-state index contributed by atoms with van der Waals surface area (Å²) in [4.78, 5) is 59.0. The maximum Gasteiger partial charge on any atom is 0.251 e. The van der Waals surface area contributed by atoms with E-state index in [9.17, 15) is 29.5 Å². The Morgan fingerprint density at radius 2 is 1.65 bits per heavy atom. The van der Waals surface area contributed by atoms with Crippen molar-refractivity contribution >= 4 is 46.4 Å². The number of phenolic OH excluding ortho intramolecular Hbond substituents is 1. The highest BCUT2D eigenvalue weighted by Crippen LogP contribution is 2.55. The van der Waals surface area contributed by atoms with Crippen LogP contribution >= 0.6 is 22.9 Å². The van der Waals surface area contributed by atoms with Crippen molar-refractivity contribution in [2.24, 2.45) is 16.2 Å². The molecule has 3 aromatic carbocycles. The van der Waals surface area contributed by atoms with Crippen LogP contribution < -0.4 is 30.7 Å². The number of ether oxygens (including phenoxy) is 4. The van der Waals surface area contributed by atoms with E-state index in [1.807, 2.05) is 20.8 Å². The molecule has 4 aromatic rings. The van der Waals surface area contributed by atoms with Gasteiger partial charge in [-0.05, 0) is 91.7 Å². The number of carbonyl (C=O) groups excluding carboxylic acids is 4. The summed E-state index contributed by atoms with van der Waals surface area (Å²) < 4.78 is 23.5. The number of rotatable bonds is 22. The van der Waals surface area contributed by atoms with Crippen LogP contribution in [0.1, 0.15) is 102 Å². The Balaban J connectivity index is 0.888. The Hall–Kier alpha value is -5.57. The van der Waals surface area contributed by atoms with Crippen molar-refractivity contribution in [2.75, 3.05) is 39.6 Å². The van der Waals surface area contributed by atoms with Crippen molar-refractivity contribution in [1.29, 1.82) is 5.26 Å². The number of aromatic nitrogens is 1. The molecular formula is C51H63ClN6O9S. The van der Waals surface area contributed by atoms with E-state index in [2.05, 4.69) is 60.0 Å². The van der Waals surface area contributed by atoms with E-state index in [4.69, 9.17) is 30.5 Å². The maximum absolute atomic E-state index is 14.4. The first kappa shape index (κ1) is 51.8. The van der Waals surface area contributed by atoms with E-state index >= 15 is 0 Å². The van der Waals surface area contributed by atoms with Crippen molar-refractivity contribution in [1.82, 2.24) is 26.3 Å². The normalized spacial score (nSPS) is 19.1. The molecule has 1 aliphatic carbocycles. The van der Waals surface area contributed by atoms with Gasteiger partial charge in [0.15, 0.2) is 5.78 Å². The molecule has 3 amide bonds. The lowest BCUT2D eigenvalue weighted by Crippen LogP contribution is -2.74. The van der Waals surface area contributed by atoms with Gasteiger partial charge in [-0.1, -0.05) is 66.1 Å². The van der Waals surface area contributed by atoms with Crippen molar-refractivity contribution in [3.8, 4) is 33.8 Å². The molecule has 0 bridgehead atoms. The number of Topliss-reactive ketones (excluding diaryl/α,β-unsaturated/α-hetero) is 1. The number of unbranched alkanes of at least 4 members (excludes halogenated alkanes) is 1. The third-order valence-corrected chi connectivity index (χ3v) is 13.7. The lowest BCUT2D eigenvalue weighted by molar-refractivity contribution is -0.164. The summed E-state index contributed by atoms with van der Waals surface area (Å²) in [6, 6.07) is 16.2. The van der Waals surface area contributed by atoms with Gasteiger partial charge in [-0.2, -0.15) is 5.26 Å². The number of phenols is 1. The van der Waals surface area contributed by atoms with Crippen LogP contribution in [0.4, 0.5) is 0 Å². The molecule has 17 heteroatoms. The minimum Gasteiger partial charge on any atom is -0.507 e. The summed E-state index contributed by atoms with van der Waals surface area (Å²) >= 11 is 7.60. The molecule has 1 saturated carbocycles. The van der Waals surface area contributed by atoms with Crippen LogP contribution in [0, 0.1) is 27.6 Å². The number of nitriles is 1. The molecule has 1 aliphatic heterocycles. The molecule has 364 valence electrons. The molecule has 2 unspecified atom stereocenters. The minimum atomic E-state index is -1.14. The van der Waals surface area contributed by atoms with Crippen LogP contribution in [0.2, 0.25) is 5.02 Å². The summed E-state index contributed by atoms with van der Waals surface area (Å²) in [7, 11) is 0. The number of thiazole rings is 1. The number of nitrogens with zero attached hydrogens (tertiary/aromatic N) is 2. The van der Waals surface area contributed by atoms with Crippen LogP contribution in [0.5, 0.6) is 17.2 Å². The zero-order valence-electron chi connectivity index (χ0n) is 39.8. The fourth-order valence-electron chi connectivity index (χ4n) is 9.23. The fourth-order valence-corrected chi connectivity index (χ4v) is 10.1. The predicted octanol–water partition coefficient (Wildman–Crippen LogP) is 7.55. The molecule has 1 aromatic heterocycles. The van der Waals surface area contributed by atoms with E-state index in [1.165, 1.54) is 17.4 Å². The Morgan fingerprint density at radius 1 is 0.941 bits per heavy atom. The molecule has 0 radical (unpaired) electrons. The highest BCUT2D eigenvalue weighted by molar-refractivity contribution is 7.13. The van der Waals surface area contributed by atoms with Crippen LogP contribution in [0.3, 0.4) is 0 Å². The average Bonchev–Trinajstić information content (AvgIpc) is 4.05. The number of ketones is 1. The number of halogens is 1. The molecule has 2 aliphatic rings. The largest absolute Gasteiger partial charge is 0.507 e. The zero-order valence-corrected chi connectivity index (χ0v) is 41.4. The first-order chi connectivity index (χ1) is 32.3. The van der Waals surface area contributed by atoms with Gasteiger partial charge in [0.2, 0.25) is 11.8 Å². The second kappa shape index (κ2) is 22.7. The van der Waals surface area contributed by atoms with Crippen molar-refractivity contribution in [3.63, 3.8) is 0 Å². The van der Waals surface area contributed by atoms with Gasteiger partial charge in [0.1, 0.15) is 42.1 Å². The number of carbonyl (C=O) groups is 4. The third-order valence-electron chi connectivity index (χ3n) is 12.6. The van der Waals surface area contributed by atoms with E-state index in [0.717, 1.165) is 24.1 Å². The summed E-state index contributed by atoms with van der Waals surface area (Å²) in [5.74, 6) is -0.280. The van der Waals surface area contributed by atoms with Gasteiger partial charge < -0.3 is 45.3 Å². The average molecular weight is 972 g/mol. The minimum absolute atomic E-state index is 0.0567. The van der Waals surface area contributed by atoms with Gasteiger partial charge in [-0.15, -0.1) is 11.3 Å². The lowest BCUT2D eigenvalue weighted by Gasteiger charge is -2.63. The maximum atomic E-state index is 14.4. The third kappa shape index (κ3) is 12.7. The number of hydrogen-bond donors (Lipinski definition) is 5. The summed E-state index contributed by atoms with van der Waals surface area (Å²) in [6.07, 6.45) is 4.36. The standard InChI is InChI=1S/C51H63ClN6O9S/c1-49(2,3)44(43(61)42(57-46(63)38-11-10-20-55-38)32-15-19-36(39(59)25-32)40-28-54-30-68-40)56-41(60)29-65-24-23-64-21-8-9-22-66-34-16-12-31(13-17-34)45(62)58-47-50(4,5)48(51(47,6)7)67-35-18-14-33(27-53)37(52)26-35/h12-19,25-26,28,30,38,42,44,47-48,55,59H,8-11,20-24,29H2,1-7H3,(H,56,60)(H,57,63)(H,58,62)/t38?,42?,44-,47?,48?/m1/s1. The Bertz CT molecular complexity index is 2410. The molecule has 3 atom stereocenters. The zero-order chi connectivity index (χ0) is 49.2. The van der Waals surface area contributed by atoms with Crippen molar-refractivity contribution < 1.29 is 43.2 Å². The van der Waals surface area contributed by atoms with Crippen LogP contribution in [0.15, 0.2) is 72.4 Å². The second-order valence-corrected chi connectivity index (χ2v) is 20.8. The lowest BCUT2D eigenvalue weighted by atomic mass is 9.49. The van der Waals surface area contributed by atoms with Gasteiger partial charge in [-0.3, -0.25) is 24.2 Å². The van der Waals surface area contributed by atoms with Gasteiger partial charge in [0.25, 0.3) is 5.91 Å². The van der Waals surface area contributed by atoms with E-state index < -0.39 is 35.2 Å². The molecular weight excluding hydrogens is 908 g/mol. The van der Waals surface area contributed by atoms with Crippen LogP contribution in [-0.4, -0.2) is 97.4 Å². The number of amides is 3. The SMILES string of the molecule is CC1(C)C(NC(=O)c2ccc(OCCCCOCCOCC(=O)N[C@H](C(=O)C(NC(=O)C3CCCN3)c3ccc(-c4cncs4)c(O)c3)C(C)(C)C)cc2)C(C)(C)C1Oc1ccc(C#N)c(Cl)c1. The van der Waals surface area contributed by atoms with Gasteiger partial charge in [0, 0.05) is 46.9 Å². The number of hydrogen-bond acceptors (Lipinski definition) is 13. The first-order valence-electron chi connectivity index (χ1n) is 23.0. The quantitative estimate of drug-likeness (QED) is 0.0484. The molecule has 2 heterocycles. The van der Waals surface area contributed by atoms with Gasteiger partial charge in [0.05, 0.1) is 52.9 Å². The van der Waals surface area contributed by atoms with Crippen LogP contribution in [-0.2, 0) is 23.9 Å². The van der Waals surface area contributed by atoms with Crippen molar-refractivity contribution in [3.05, 3.63) is 94.1 Å². The number of nitrogens with one attached hydrogen (secondary N) is 4. The molecule has 15 nitrogen and oxygen atoms in total. The fraction of sp³-hybridized carbons (Fsp3) is 0.490. The Labute approximate surface area is 407 Å². The molecule has 0 spiro atoms. The molecule has 2 fully saturated rings. The molecule has 6 rings (SSSR count). The topological polar surface area (TPSA) is 210 Å². The second-order valence-electron chi connectivity index (χ2n) is 19.5. The Morgan fingerprint density at radius 3 is 2.28 bits per heavy atom. The van der Waals surface area contributed by atoms with Crippen LogP contribution in [0.25, 0.3) is 10.4 Å². The van der Waals surface area contributed by atoms with E-state index in [-0.39, 0.29) is 60.4 Å². The molecule has 68 heavy (non-hydrogen) atoms. The van der Waals surface area contributed by atoms with Gasteiger partial charge in [-0.25, -0.2) is 0 Å². The molecule has 5 N–H and O–H groups in total. The number of aromatic hydroxyl groups is 1. The van der Waals surface area contributed by atoms with Crippen molar-refractivity contribution in [2.45, 2.75) is 104 Å². The first-order valence-corrected chi connectivity index (χ1v) is 24.2. The summed E-state index contributed by atoms with van der Waals surface area (Å²) in [5, 5.41) is 32.6. The number of benzene rings is 3. The summed E-state index contributed by atoms with van der Waals surface area (Å²) in [5.41, 5.74) is 1.99. The Kier molecular flexibility index (Phi) is 17.3. The van der Waals surface area contributed by atoms with Gasteiger partial charge >= 0.3 is 0 Å². The smallest absolute Gasteiger partial charge is 0.251 e. The van der Waals surface area contributed by atoms with E-state index in [0.29, 0.717) is 65.0 Å². The van der Waals surface area contributed by atoms with E-state index in [1.54, 1.807) is 66.3 Å². The molecule has 1 saturated heterocycles. The highest BCUT2D eigenvalue weighted by Gasteiger charge is 2.64. The monoisotopic (exact) mass is 970 g/mol. The highest BCUT2D eigenvalue weighted by atomic mass is 35.5. The predicted molar refractivity (Wildman–Crippen MR) is 260 cm³/mol. The summed E-state index contributed by atoms with van der Waals surface area (Å²) in [6.45, 7) is 15.5.